The van der Waals surface area contributed by atoms with E-state index in [1.54, 1.807) is 0 Å². The van der Waals surface area contributed by atoms with Gasteiger partial charge in [0.05, 0.1) is 13.0 Å². The molecular weight excluding hydrogens is 231 g/mol. The fourth-order valence-corrected chi connectivity index (χ4v) is 0.970. The summed E-state index contributed by atoms with van der Waals surface area (Å²) in [6.07, 6.45) is -3.23. The van der Waals surface area contributed by atoms with E-state index in [9.17, 15) is 18.0 Å². The molecule has 94 valence electrons. The molecule has 0 unspecified atom stereocenters. The van der Waals surface area contributed by atoms with Gasteiger partial charge in [0.25, 0.3) is 0 Å². The lowest BCUT2D eigenvalue weighted by Gasteiger charge is -2.30. The van der Waals surface area contributed by atoms with Crippen molar-refractivity contribution in [2.24, 2.45) is 11.7 Å². The second-order valence-electron chi connectivity index (χ2n) is 3.17. The van der Waals surface area contributed by atoms with Crippen LogP contribution in [0.15, 0.2) is 0 Å². The normalized spacial score (nSPS) is 23.6. The monoisotopic (exact) mass is 243 g/mol. The summed E-state index contributed by atoms with van der Waals surface area (Å²) in [4.78, 5) is 19.6. The molecule has 0 aromatic heterocycles. The van der Waals surface area contributed by atoms with Crippen molar-refractivity contribution in [2.45, 2.75) is 25.1 Å². The molecule has 0 aromatic rings. The number of esters is 1. The number of carboxylic acids is 1. The number of carbonyl (C=O) groups is 2. The molecule has 8 heteroatoms. The molecule has 1 saturated carbocycles. The number of nitrogens with two attached hydrogens (primary N) is 1. The van der Waals surface area contributed by atoms with E-state index in [2.05, 4.69) is 4.74 Å². The first-order valence-electron chi connectivity index (χ1n) is 4.33. The Morgan fingerprint density at radius 2 is 1.81 bits per heavy atom. The van der Waals surface area contributed by atoms with Crippen LogP contribution in [0.5, 0.6) is 0 Å². The molecular formula is C8H12F3NO4. The molecule has 5 nitrogen and oxygen atoms in total. The van der Waals surface area contributed by atoms with Crippen LogP contribution in [0.25, 0.3) is 0 Å². The quantitative estimate of drug-likeness (QED) is 0.655. The average Bonchev–Trinajstić information content (AvgIpc) is 2.14. The minimum Gasteiger partial charge on any atom is -0.475 e. The second-order valence-corrected chi connectivity index (χ2v) is 3.17. The maximum Gasteiger partial charge on any atom is 0.490 e. The Morgan fingerprint density at radius 1 is 1.38 bits per heavy atom. The molecule has 16 heavy (non-hydrogen) atoms. The number of methoxy groups -OCH3 is 1. The zero-order valence-electron chi connectivity index (χ0n) is 8.45. The summed E-state index contributed by atoms with van der Waals surface area (Å²) in [5.74, 6) is -2.93. The van der Waals surface area contributed by atoms with Crippen LogP contribution < -0.4 is 5.73 Å². The van der Waals surface area contributed by atoms with Crippen molar-refractivity contribution >= 4 is 11.9 Å². The van der Waals surface area contributed by atoms with Gasteiger partial charge in [0.1, 0.15) is 0 Å². The molecule has 0 heterocycles. The Bertz CT molecular complexity index is 266. The van der Waals surface area contributed by atoms with Gasteiger partial charge in [-0.15, -0.1) is 0 Å². The van der Waals surface area contributed by atoms with E-state index in [0.717, 1.165) is 12.8 Å². The molecule has 0 amide bonds. The van der Waals surface area contributed by atoms with E-state index < -0.39 is 12.1 Å². The summed E-state index contributed by atoms with van der Waals surface area (Å²) >= 11 is 0. The molecule has 0 bridgehead atoms. The second kappa shape index (κ2) is 5.69. The first-order valence-corrected chi connectivity index (χ1v) is 4.33. The van der Waals surface area contributed by atoms with Crippen LogP contribution in [0.4, 0.5) is 13.2 Å². The largest absolute Gasteiger partial charge is 0.490 e. The van der Waals surface area contributed by atoms with Gasteiger partial charge in [0.15, 0.2) is 0 Å². The highest BCUT2D eigenvalue weighted by molar-refractivity contribution is 5.74. The zero-order chi connectivity index (χ0) is 12.9. The topological polar surface area (TPSA) is 89.6 Å². The Hall–Kier alpha value is -1.31. The van der Waals surface area contributed by atoms with Crippen LogP contribution in [-0.4, -0.2) is 36.4 Å². The Balaban J connectivity index is 0.000000293. The van der Waals surface area contributed by atoms with Gasteiger partial charge in [-0.1, -0.05) is 0 Å². The number of aliphatic carboxylic acids is 1. The van der Waals surface area contributed by atoms with Crippen molar-refractivity contribution in [2.75, 3.05) is 7.11 Å². The van der Waals surface area contributed by atoms with Crippen molar-refractivity contribution in [1.29, 1.82) is 0 Å². The molecule has 0 aliphatic heterocycles. The maximum atomic E-state index is 10.7. The van der Waals surface area contributed by atoms with E-state index in [1.165, 1.54) is 7.11 Å². The lowest BCUT2D eigenvalue weighted by Crippen LogP contribution is -2.44. The standard InChI is InChI=1S/C6H11NO2.C2HF3O2/c1-9-6(8)4-2-3-5(4)7;3-2(4,5)1(6)7/h4-5H,2-3,7H2,1H3;(H,6,7)/t4-,5+;/m1./s1. The van der Waals surface area contributed by atoms with Crippen molar-refractivity contribution in [3.63, 3.8) is 0 Å². The fourth-order valence-electron chi connectivity index (χ4n) is 0.970. The molecule has 1 rings (SSSR count). The highest BCUT2D eigenvalue weighted by Gasteiger charge is 2.38. The van der Waals surface area contributed by atoms with E-state index in [-0.39, 0.29) is 17.9 Å². The van der Waals surface area contributed by atoms with Crippen LogP contribution in [0.1, 0.15) is 12.8 Å². The van der Waals surface area contributed by atoms with Crippen molar-refractivity contribution in [3.05, 3.63) is 0 Å². The van der Waals surface area contributed by atoms with Crippen molar-refractivity contribution in [1.82, 2.24) is 0 Å². The molecule has 1 aliphatic rings. The van der Waals surface area contributed by atoms with Crippen molar-refractivity contribution in [3.8, 4) is 0 Å². The Labute approximate surface area is 89.4 Å². The van der Waals surface area contributed by atoms with Gasteiger partial charge in [-0.2, -0.15) is 13.2 Å². The van der Waals surface area contributed by atoms with Crippen LogP contribution in [0.3, 0.4) is 0 Å². The van der Waals surface area contributed by atoms with Crippen LogP contribution in [0.2, 0.25) is 0 Å². The van der Waals surface area contributed by atoms with E-state index >= 15 is 0 Å². The Morgan fingerprint density at radius 3 is 1.88 bits per heavy atom. The van der Waals surface area contributed by atoms with E-state index in [1.807, 2.05) is 0 Å². The van der Waals surface area contributed by atoms with E-state index in [0.29, 0.717) is 0 Å². The number of hydrogen-bond donors (Lipinski definition) is 2. The van der Waals surface area contributed by atoms with Crippen molar-refractivity contribution < 1.29 is 32.6 Å². The summed E-state index contributed by atoms with van der Waals surface area (Å²) in [5.41, 5.74) is 5.50. The fraction of sp³-hybridized carbons (Fsp3) is 0.750. The molecule has 0 saturated heterocycles. The lowest BCUT2D eigenvalue weighted by atomic mass is 9.80. The number of halogens is 3. The van der Waals surface area contributed by atoms with Gasteiger partial charge in [-0.3, -0.25) is 4.79 Å². The third kappa shape index (κ3) is 4.47. The third-order valence-corrected chi connectivity index (χ3v) is 2.07. The van der Waals surface area contributed by atoms with E-state index in [4.69, 9.17) is 15.6 Å². The first kappa shape index (κ1) is 14.7. The molecule has 0 radical (unpaired) electrons. The van der Waals surface area contributed by atoms with Gasteiger partial charge in [-0.25, -0.2) is 4.79 Å². The average molecular weight is 243 g/mol. The summed E-state index contributed by atoms with van der Waals surface area (Å²) in [5, 5.41) is 7.12. The summed E-state index contributed by atoms with van der Waals surface area (Å²) in [6.45, 7) is 0. The molecule has 2 atom stereocenters. The minimum atomic E-state index is -5.08. The highest BCUT2D eigenvalue weighted by atomic mass is 19.4. The molecule has 1 fully saturated rings. The zero-order valence-corrected chi connectivity index (χ0v) is 8.45. The molecule has 1 aliphatic carbocycles. The maximum absolute atomic E-state index is 10.7. The van der Waals surface area contributed by atoms with Gasteiger partial charge >= 0.3 is 18.1 Å². The highest BCUT2D eigenvalue weighted by Crippen LogP contribution is 2.26. The van der Waals surface area contributed by atoms with Crippen LogP contribution in [0, 0.1) is 5.92 Å². The number of carboxylic acid groups (broad SMARTS) is 1. The summed E-state index contributed by atoms with van der Waals surface area (Å²) in [7, 11) is 1.40. The number of hydrogen-bond acceptors (Lipinski definition) is 4. The minimum absolute atomic E-state index is 0.0185. The summed E-state index contributed by atoms with van der Waals surface area (Å²) < 4.78 is 36.2. The number of ether oxygens (including phenoxy) is 1. The van der Waals surface area contributed by atoms with Gasteiger partial charge < -0.3 is 15.6 Å². The Kier molecular flexibility index (Phi) is 5.22. The molecule has 3 N–H and O–H groups in total. The van der Waals surface area contributed by atoms with Gasteiger partial charge in [-0.05, 0) is 12.8 Å². The number of rotatable bonds is 1. The molecule has 0 spiro atoms. The van der Waals surface area contributed by atoms with Gasteiger partial charge in [0, 0.05) is 6.04 Å². The smallest absolute Gasteiger partial charge is 0.475 e. The van der Waals surface area contributed by atoms with Gasteiger partial charge in [0.2, 0.25) is 0 Å². The summed E-state index contributed by atoms with van der Waals surface area (Å²) in [6, 6.07) is 0.0532. The predicted molar refractivity (Wildman–Crippen MR) is 46.4 cm³/mol. The third-order valence-electron chi connectivity index (χ3n) is 2.07. The number of carbonyl (C=O) groups excluding carboxylic acids is 1. The molecule has 0 aromatic carbocycles. The first-order chi connectivity index (χ1) is 7.20. The number of alkyl halides is 3. The SMILES string of the molecule is COC(=O)[C@@H]1CC[C@@H]1N.O=C(O)C(F)(F)F. The lowest BCUT2D eigenvalue weighted by molar-refractivity contribution is -0.192. The van der Waals surface area contributed by atoms with Crippen LogP contribution >= 0.6 is 0 Å². The van der Waals surface area contributed by atoms with Crippen LogP contribution in [-0.2, 0) is 14.3 Å². The predicted octanol–water partition coefficient (Wildman–Crippen LogP) is 0.530.